The van der Waals surface area contributed by atoms with Crippen LogP contribution in [0.4, 0.5) is 0 Å². The van der Waals surface area contributed by atoms with Gasteiger partial charge in [0.15, 0.2) is 0 Å². The number of hydrogen-bond donors (Lipinski definition) is 2. The van der Waals surface area contributed by atoms with Crippen LogP contribution in [-0.2, 0) is 0 Å². The first-order valence-corrected chi connectivity index (χ1v) is 10.2. The van der Waals surface area contributed by atoms with Gasteiger partial charge >= 0.3 is 0 Å². The molecule has 4 nitrogen and oxygen atoms in total. The van der Waals surface area contributed by atoms with E-state index < -0.39 is 0 Å². The molecule has 31 heavy (non-hydrogen) atoms. The Bertz CT molecular complexity index is 1410. The van der Waals surface area contributed by atoms with E-state index in [2.05, 4.69) is 36.4 Å². The Morgan fingerprint density at radius 3 is 2.39 bits per heavy atom. The molecule has 4 aromatic rings. The molecule has 0 fully saturated rings. The molecule has 0 bridgehead atoms. The van der Waals surface area contributed by atoms with Crippen molar-refractivity contribution in [1.29, 1.82) is 5.26 Å². The summed E-state index contributed by atoms with van der Waals surface area (Å²) in [6, 6.07) is 20.6. The van der Waals surface area contributed by atoms with Gasteiger partial charge in [-0.1, -0.05) is 60.7 Å². The van der Waals surface area contributed by atoms with E-state index in [0.29, 0.717) is 5.57 Å². The Morgan fingerprint density at radius 2 is 1.65 bits per heavy atom. The first-order valence-electron chi connectivity index (χ1n) is 10.2. The van der Waals surface area contributed by atoms with E-state index >= 15 is 0 Å². The number of unbranched alkanes of at least 4 members (excludes halogenated alkanes) is 1. The zero-order valence-corrected chi connectivity index (χ0v) is 17.1. The van der Waals surface area contributed by atoms with Gasteiger partial charge in [0.1, 0.15) is 11.2 Å². The van der Waals surface area contributed by atoms with Gasteiger partial charge in [0.05, 0.1) is 6.07 Å². The Morgan fingerprint density at radius 1 is 0.903 bits per heavy atom. The molecule has 0 saturated carbocycles. The first kappa shape index (κ1) is 20.1. The summed E-state index contributed by atoms with van der Waals surface area (Å²) in [6.45, 7) is 0. The molecule has 0 atom stereocenters. The summed E-state index contributed by atoms with van der Waals surface area (Å²) in [4.78, 5) is 0. The number of rotatable bonds is 6. The van der Waals surface area contributed by atoms with Gasteiger partial charge in [-0.3, -0.25) is 0 Å². The maximum absolute atomic E-state index is 9.05. The fourth-order valence-electron chi connectivity index (χ4n) is 3.86. The van der Waals surface area contributed by atoms with Crippen molar-refractivity contribution < 1.29 is 4.42 Å². The molecule has 1 aromatic heterocycles. The number of allylic oxidation sites excluding steroid dienone is 6. The van der Waals surface area contributed by atoms with Crippen LogP contribution in [0.1, 0.15) is 18.4 Å². The van der Waals surface area contributed by atoms with Crippen LogP contribution in [0.5, 0.6) is 0 Å². The topological polar surface area (TPSA) is 89.0 Å². The largest absolute Gasteiger partial charge is 0.456 e. The van der Waals surface area contributed by atoms with Gasteiger partial charge in [-0.05, 0) is 59.2 Å². The van der Waals surface area contributed by atoms with Crippen LogP contribution in [0, 0.1) is 11.3 Å². The predicted octanol–water partition coefficient (Wildman–Crippen LogP) is 6.30. The predicted molar refractivity (Wildman–Crippen MR) is 129 cm³/mol. The average molecular weight is 406 g/mol. The molecule has 0 spiro atoms. The lowest BCUT2D eigenvalue weighted by molar-refractivity contribution is 0.669. The monoisotopic (exact) mass is 405 g/mol. The number of benzene rings is 3. The minimum absolute atomic E-state index is 0.562. The van der Waals surface area contributed by atoms with Gasteiger partial charge in [0.2, 0.25) is 0 Å². The third-order valence-electron chi connectivity index (χ3n) is 5.28. The molecule has 0 aliphatic heterocycles. The molecule has 0 unspecified atom stereocenters. The summed E-state index contributed by atoms with van der Waals surface area (Å²) < 4.78 is 6.15. The molecule has 4 heteroatoms. The van der Waals surface area contributed by atoms with Gasteiger partial charge in [-0.15, -0.1) is 0 Å². The maximum atomic E-state index is 9.05. The second kappa shape index (κ2) is 9.06. The Kier molecular flexibility index (Phi) is 5.86. The number of nitrogens with zero attached hydrogens (tertiary/aromatic N) is 1. The Labute approximate surface area is 181 Å². The fraction of sp³-hybridized carbons (Fsp3) is 0.0741. The summed E-state index contributed by atoms with van der Waals surface area (Å²) in [5.41, 5.74) is 15.6. The van der Waals surface area contributed by atoms with Crippen molar-refractivity contribution in [3.63, 3.8) is 0 Å². The van der Waals surface area contributed by atoms with Crippen LogP contribution in [0.15, 0.2) is 101 Å². The van der Waals surface area contributed by atoms with Gasteiger partial charge in [0.25, 0.3) is 0 Å². The lowest BCUT2D eigenvalue weighted by Gasteiger charge is -2.09. The average Bonchev–Trinajstić information content (AvgIpc) is 3.19. The molecule has 0 radical (unpaired) electrons. The van der Waals surface area contributed by atoms with E-state index in [-0.39, 0.29) is 0 Å². The second-order valence-corrected chi connectivity index (χ2v) is 7.17. The highest BCUT2D eigenvalue weighted by Crippen LogP contribution is 2.38. The quantitative estimate of drug-likeness (QED) is 0.224. The van der Waals surface area contributed by atoms with Crippen molar-refractivity contribution >= 4 is 38.3 Å². The smallest absolute Gasteiger partial charge is 0.136 e. The van der Waals surface area contributed by atoms with Crippen molar-refractivity contribution in [1.82, 2.24) is 0 Å². The minimum atomic E-state index is 0.562. The molecule has 1 heterocycles. The molecule has 3 aromatic carbocycles. The van der Waals surface area contributed by atoms with Gasteiger partial charge in [-0.2, -0.15) is 5.26 Å². The molecule has 4 rings (SSSR count). The lowest BCUT2D eigenvalue weighted by atomic mass is 9.95. The lowest BCUT2D eigenvalue weighted by Crippen LogP contribution is -1.90. The third-order valence-corrected chi connectivity index (χ3v) is 5.28. The number of furan rings is 1. The Balaban J connectivity index is 1.72. The van der Waals surface area contributed by atoms with E-state index in [1.54, 1.807) is 12.3 Å². The fourth-order valence-corrected chi connectivity index (χ4v) is 3.86. The summed E-state index contributed by atoms with van der Waals surface area (Å²) in [5.74, 6) is 0. The van der Waals surface area contributed by atoms with Gasteiger partial charge in [-0.25, -0.2) is 0 Å². The van der Waals surface area contributed by atoms with E-state index in [1.165, 1.54) is 6.20 Å². The van der Waals surface area contributed by atoms with Crippen LogP contribution < -0.4 is 11.5 Å². The van der Waals surface area contributed by atoms with Gasteiger partial charge < -0.3 is 15.9 Å². The molecule has 4 N–H and O–H groups in total. The summed E-state index contributed by atoms with van der Waals surface area (Å²) in [5, 5.41) is 13.6. The zero-order valence-electron chi connectivity index (χ0n) is 17.1. The van der Waals surface area contributed by atoms with Crippen molar-refractivity contribution in [2.45, 2.75) is 12.8 Å². The van der Waals surface area contributed by atoms with Crippen molar-refractivity contribution in [2.24, 2.45) is 11.5 Å². The Hall–Kier alpha value is -4.23. The molecule has 0 aliphatic carbocycles. The second-order valence-electron chi connectivity index (χ2n) is 7.17. The van der Waals surface area contributed by atoms with Crippen LogP contribution in [0.3, 0.4) is 0 Å². The minimum Gasteiger partial charge on any atom is -0.456 e. The number of hydrogen-bond acceptors (Lipinski definition) is 4. The molecule has 0 aliphatic rings. The number of fused-ring (bicyclic) bond motifs is 5. The van der Waals surface area contributed by atoms with Crippen LogP contribution in [0.25, 0.3) is 38.3 Å². The van der Waals surface area contributed by atoms with Crippen LogP contribution in [0.2, 0.25) is 0 Å². The van der Waals surface area contributed by atoms with E-state index in [0.717, 1.165) is 56.7 Å². The van der Waals surface area contributed by atoms with E-state index in [9.17, 15) is 0 Å². The normalized spacial score (nSPS) is 13.1. The van der Waals surface area contributed by atoms with Crippen LogP contribution in [-0.4, -0.2) is 0 Å². The summed E-state index contributed by atoms with van der Waals surface area (Å²) in [6.07, 6.45) is 12.1. The number of para-hydroxylation sites is 1. The molecule has 152 valence electrons. The highest BCUT2D eigenvalue weighted by Gasteiger charge is 2.14. The number of nitrogens with two attached hydrogens (primary N) is 2. The van der Waals surface area contributed by atoms with Crippen molar-refractivity contribution in [3.05, 3.63) is 102 Å². The SMILES string of the molecule is N#CC(/C=C\N)=C/CC/C=C\C(=C/N)c1cc2oc3ccccc3c2c2ccccc12. The van der Waals surface area contributed by atoms with Crippen molar-refractivity contribution in [2.75, 3.05) is 0 Å². The highest BCUT2D eigenvalue weighted by atomic mass is 16.3. The molecular weight excluding hydrogens is 382 g/mol. The van der Waals surface area contributed by atoms with E-state index in [1.807, 2.05) is 42.5 Å². The van der Waals surface area contributed by atoms with Gasteiger partial charge in [0, 0.05) is 22.5 Å². The zero-order chi connectivity index (χ0) is 21.6. The standard InChI is InChI=1S/C27H23N3O/c28-15-14-19(17-29)8-2-1-3-9-20(18-30)24-16-26-27(22-11-5-4-10-21(22)24)23-12-6-7-13-25(23)31-26/h3-16,18H,1-2,28,30H2/b9-3-,15-14-,19-8+,20-18+. The molecule has 0 amide bonds. The third kappa shape index (κ3) is 3.94. The van der Waals surface area contributed by atoms with Crippen LogP contribution >= 0.6 is 0 Å². The highest BCUT2D eigenvalue weighted by molar-refractivity contribution is 6.21. The van der Waals surface area contributed by atoms with E-state index in [4.69, 9.17) is 21.1 Å². The molecular formula is C27H23N3O. The maximum Gasteiger partial charge on any atom is 0.136 e. The number of nitriles is 1. The first-order chi connectivity index (χ1) is 15.3. The summed E-state index contributed by atoms with van der Waals surface area (Å²) in [7, 11) is 0. The molecule has 0 saturated heterocycles. The van der Waals surface area contributed by atoms with Crippen molar-refractivity contribution in [3.8, 4) is 6.07 Å². The summed E-state index contributed by atoms with van der Waals surface area (Å²) >= 11 is 0.